The first-order valence-electron chi connectivity index (χ1n) is 9.96. The van der Waals surface area contributed by atoms with Crippen LogP contribution in [0.4, 0.5) is 0 Å². The smallest absolute Gasteiger partial charge is 0.199 e. The Morgan fingerprint density at radius 1 is 1.07 bits per heavy atom. The molecule has 2 aromatic heterocycles. The lowest BCUT2D eigenvalue weighted by Gasteiger charge is -2.33. The van der Waals surface area contributed by atoms with Crippen LogP contribution in [0.3, 0.4) is 0 Å². The Morgan fingerprint density at radius 2 is 1.79 bits per heavy atom. The number of piperazine rings is 1. The monoisotopic (exact) mass is 409 g/mol. The standard InChI is InChI=1S/C22H27N5OS/c1-18-20(10-16-28-18)21-23-27(22(29)24(21)2)17-26-14-12-25(13-15-26)11-6-9-19-7-4-3-5-8-19/h3-10,16H,11-15,17H2,1-2H3/b9-6+. The van der Waals surface area contributed by atoms with E-state index in [0.717, 1.165) is 61.3 Å². The summed E-state index contributed by atoms with van der Waals surface area (Å²) in [6, 6.07) is 12.4. The van der Waals surface area contributed by atoms with Crippen molar-refractivity contribution in [2.24, 2.45) is 7.05 Å². The predicted octanol–water partition coefficient (Wildman–Crippen LogP) is 3.81. The van der Waals surface area contributed by atoms with Gasteiger partial charge in [-0.25, -0.2) is 4.68 Å². The van der Waals surface area contributed by atoms with Crippen molar-refractivity contribution in [1.82, 2.24) is 24.1 Å². The van der Waals surface area contributed by atoms with Crippen LogP contribution in [-0.4, -0.2) is 56.9 Å². The lowest BCUT2D eigenvalue weighted by molar-refractivity contribution is 0.110. The molecule has 0 bridgehead atoms. The van der Waals surface area contributed by atoms with Gasteiger partial charge in [0.25, 0.3) is 0 Å². The fourth-order valence-electron chi connectivity index (χ4n) is 3.64. The molecule has 0 aliphatic carbocycles. The van der Waals surface area contributed by atoms with Crippen molar-refractivity contribution in [2.45, 2.75) is 13.6 Å². The van der Waals surface area contributed by atoms with E-state index in [-0.39, 0.29) is 0 Å². The minimum atomic E-state index is 0.720. The van der Waals surface area contributed by atoms with E-state index in [1.807, 2.05) is 35.4 Å². The Hall–Kier alpha value is -2.48. The van der Waals surface area contributed by atoms with Gasteiger partial charge in [0, 0.05) is 39.8 Å². The number of aryl methyl sites for hydroxylation is 1. The largest absolute Gasteiger partial charge is 0.469 e. The second-order valence-electron chi connectivity index (χ2n) is 7.43. The molecule has 4 rings (SSSR count). The summed E-state index contributed by atoms with van der Waals surface area (Å²) in [5.41, 5.74) is 2.24. The molecule has 152 valence electrons. The zero-order valence-electron chi connectivity index (χ0n) is 17.0. The first-order valence-corrected chi connectivity index (χ1v) is 10.4. The first kappa shape index (κ1) is 19.8. The molecule has 3 heterocycles. The van der Waals surface area contributed by atoms with Gasteiger partial charge >= 0.3 is 0 Å². The third-order valence-electron chi connectivity index (χ3n) is 5.41. The van der Waals surface area contributed by atoms with Gasteiger partial charge < -0.3 is 8.98 Å². The molecule has 29 heavy (non-hydrogen) atoms. The molecule has 0 saturated carbocycles. The minimum Gasteiger partial charge on any atom is -0.469 e. The van der Waals surface area contributed by atoms with Crippen LogP contribution in [0, 0.1) is 11.7 Å². The molecule has 1 aromatic carbocycles. The van der Waals surface area contributed by atoms with Crippen LogP contribution in [-0.2, 0) is 13.7 Å². The number of hydrogen-bond acceptors (Lipinski definition) is 5. The van der Waals surface area contributed by atoms with Crippen molar-refractivity contribution >= 4 is 18.3 Å². The van der Waals surface area contributed by atoms with E-state index in [1.165, 1.54) is 5.56 Å². The van der Waals surface area contributed by atoms with Gasteiger partial charge in [0.05, 0.1) is 18.5 Å². The molecular formula is C22H27N5OS. The Bertz CT molecular complexity index is 1030. The summed E-state index contributed by atoms with van der Waals surface area (Å²) in [7, 11) is 1.96. The summed E-state index contributed by atoms with van der Waals surface area (Å²) in [5, 5.41) is 4.76. The summed E-state index contributed by atoms with van der Waals surface area (Å²) < 4.78 is 10.0. The van der Waals surface area contributed by atoms with Crippen LogP contribution in [0.25, 0.3) is 17.5 Å². The summed E-state index contributed by atoms with van der Waals surface area (Å²) >= 11 is 5.61. The van der Waals surface area contributed by atoms with Gasteiger partial charge in [-0.2, -0.15) is 5.10 Å². The highest BCUT2D eigenvalue weighted by atomic mass is 32.1. The molecule has 3 aromatic rings. The van der Waals surface area contributed by atoms with Crippen LogP contribution >= 0.6 is 12.2 Å². The van der Waals surface area contributed by atoms with Gasteiger partial charge in [0.2, 0.25) is 0 Å². The zero-order chi connectivity index (χ0) is 20.2. The van der Waals surface area contributed by atoms with Crippen molar-refractivity contribution < 1.29 is 4.42 Å². The topological polar surface area (TPSA) is 42.4 Å². The first-order chi connectivity index (χ1) is 14.1. The molecule has 7 heteroatoms. The second kappa shape index (κ2) is 8.90. The molecular weight excluding hydrogens is 382 g/mol. The van der Waals surface area contributed by atoms with Crippen molar-refractivity contribution in [2.75, 3.05) is 32.7 Å². The molecule has 0 amide bonds. The molecule has 1 fully saturated rings. The third kappa shape index (κ3) is 4.58. The van der Waals surface area contributed by atoms with E-state index in [2.05, 4.69) is 46.2 Å². The maximum atomic E-state index is 5.61. The van der Waals surface area contributed by atoms with E-state index in [9.17, 15) is 0 Å². The number of nitrogens with zero attached hydrogens (tertiary/aromatic N) is 5. The molecule has 0 spiro atoms. The van der Waals surface area contributed by atoms with Crippen molar-refractivity contribution in [3.63, 3.8) is 0 Å². The predicted molar refractivity (Wildman–Crippen MR) is 118 cm³/mol. The third-order valence-corrected chi connectivity index (χ3v) is 5.90. The highest BCUT2D eigenvalue weighted by Gasteiger charge is 2.19. The SMILES string of the molecule is Cc1occc1-c1nn(CN2CCN(C/C=C/c3ccccc3)CC2)c(=S)n1C. The van der Waals surface area contributed by atoms with Gasteiger partial charge in [-0.15, -0.1) is 0 Å². The summed E-state index contributed by atoms with van der Waals surface area (Å²) in [6.45, 7) is 7.77. The lowest BCUT2D eigenvalue weighted by atomic mass is 10.2. The maximum absolute atomic E-state index is 5.61. The van der Waals surface area contributed by atoms with Gasteiger partial charge in [-0.3, -0.25) is 9.80 Å². The van der Waals surface area contributed by atoms with Gasteiger partial charge in [0.1, 0.15) is 5.76 Å². The quantitative estimate of drug-likeness (QED) is 0.579. The number of benzene rings is 1. The van der Waals surface area contributed by atoms with Crippen LogP contribution in [0.1, 0.15) is 11.3 Å². The van der Waals surface area contributed by atoms with Gasteiger partial charge in [-0.1, -0.05) is 42.5 Å². The summed E-state index contributed by atoms with van der Waals surface area (Å²) in [5.74, 6) is 1.71. The molecule has 0 atom stereocenters. The maximum Gasteiger partial charge on any atom is 0.199 e. The van der Waals surface area contributed by atoms with E-state index in [4.69, 9.17) is 21.7 Å². The molecule has 0 radical (unpaired) electrons. The molecule has 1 aliphatic rings. The Labute approximate surface area is 176 Å². The normalized spacial score (nSPS) is 16.1. The lowest BCUT2D eigenvalue weighted by Crippen LogP contribution is -2.46. The summed E-state index contributed by atoms with van der Waals surface area (Å²) in [6.07, 6.45) is 6.14. The van der Waals surface area contributed by atoms with Crippen molar-refractivity contribution in [3.05, 3.63) is 64.8 Å². The average Bonchev–Trinajstić information content (AvgIpc) is 3.28. The second-order valence-corrected chi connectivity index (χ2v) is 7.79. The highest BCUT2D eigenvalue weighted by Crippen LogP contribution is 2.22. The summed E-state index contributed by atoms with van der Waals surface area (Å²) in [4.78, 5) is 4.89. The fraction of sp³-hybridized carbons (Fsp3) is 0.364. The van der Waals surface area contributed by atoms with Crippen LogP contribution in [0.5, 0.6) is 0 Å². The average molecular weight is 410 g/mol. The van der Waals surface area contributed by atoms with E-state index in [0.29, 0.717) is 0 Å². The molecule has 1 aliphatic heterocycles. The number of aromatic nitrogens is 3. The Kier molecular flexibility index (Phi) is 6.08. The number of hydrogen-bond donors (Lipinski definition) is 0. The van der Waals surface area contributed by atoms with E-state index < -0.39 is 0 Å². The Balaban J connectivity index is 1.33. The number of furan rings is 1. The van der Waals surface area contributed by atoms with Crippen molar-refractivity contribution in [1.29, 1.82) is 0 Å². The molecule has 0 N–H and O–H groups in total. The van der Waals surface area contributed by atoms with Gasteiger partial charge in [0.15, 0.2) is 10.6 Å². The van der Waals surface area contributed by atoms with E-state index in [1.54, 1.807) is 6.26 Å². The minimum absolute atomic E-state index is 0.720. The fourth-order valence-corrected chi connectivity index (χ4v) is 3.82. The molecule has 6 nitrogen and oxygen atoms in total. The van der Waals surface area contributed by atoms with Crippen LogP contribution in [0.15, 0.2) is 53.2 Å². The highest BCUT2D eigenvalue weighted by molar-refractivity contribution is 7.71. The van der Waals surface area contributed by atoms with Crippen molar-refractivity contribution in [3.8, 4) is 11.4 Å². The zero-order valence-corrected chi connectivity index (χ0v) is 17.8. The van der Waals surface area contributed by atoms with Gasteiger partial charge in [-0.05, 0) is 30.8 Å². The molecule has 0 unspecified atom stereocenters. The number of rotatable bonds is 6. The Morgan fingerprint density at radius 3 is 2.48 bits per heavy atom. The van der Waals surface area contributed by atoms with E-state index >= 15 is 0 Å². The molecule has 1 saturated heterocycles. The van der Waals surface area contributed by atoms with Crippen LogP contribution < -0.4 is 0 Å². The van der Waals surface area contributed by atoms with Crippen LogP contribution in [0.2, 0.25) is 0 Å².